The number of benzene rings is 4. The fraction of sp³-hybridized carbons (Fsp3) is 0.457. The summed E-state index contributed by atoms with van der Waals surface area (Å²) < 4.78 is 45.1. The lowest BCUT2D eigenvalue weighted by atomic mass is 9.66. The van der Waals surface area contributed by atoms with Gasteiger partial charge in [-0.05, 0) is 84.2 Å². The highest BCUT2D eigenvalue weighted by atomic mass is 79.9. The maximum Gasteiger partial charge on any atom is 0.180 e. The van der Waals surface area contributed by atoms with E-state index in [9.17, 15) is 8.42 Å². The van der Waals surface area contributed by atoms with E-state index in [1.807, 2.05) is 61.5 Å². The lowest BCUT2D eigenvalue weighted by Gasteiger charge is -2.55. The molecular formula is C46H59BrFN5O2S2. The van der Waals surface area contributed by atoms with E-state index in [0.717, 1.165) is 97.3 Å². The molecular weight excluding hydrogens is 818 g/mol. The summed E-state index contributed by atoms with van der Waals surface area (Å²) in [5.41, 5.74) is 5.90. The summed E-state index contributed by atoms with van der Waals surface area (Å²) in [6.07, 6.45) is 8.94. The van der Waals surface area contributed by atoms with Gasteiger partial charge in [-0.25, -0.2) is 12.8 Å². The van der Waals surface area contributed by atoms with E-state index in [1.54, 1.807) is 18.2 Å². The number of nitrogens with zero attached hydrogens (tertiary/aromatic N) is 2. The summed E-state index contributed by atoms with van der Waals surface area (Å²) in [6.45, 7) is 8.51. The van der Waals surface area contributed by atoms with Gasteiger partial charge in [-0.15, -0.1) is 0 Å². The largest absolute Gasteiger partial charge is 1.00 e. The number of halogens is 2. The minimum Gasteiger partial charge on any atom is -1.00 e. The Balaban J connectivity index is 0.00000549. The summed E-state index contributed by atoms with van der Waals surface area (Å²) in [7, 11) is 0.349. The Morgan fingerprint density at radius 2 is 1.56 bits per heavy atom. The first-order valence-corrected chi connectivity index (χ1v) is 22.6. The molecule has 1 atom stereocenters. The van der Waals surface area contributed by atoms with Crippen molar-refractivity contribution in [3.8, 4) is 0 Å². The van der Waals surface area contributed by atoms with Crippen LogP contribution in [0.1, 0.15) is 99.9 Å². The molecule has 8 rings (SSSR count). The Hall–Kier alpha value is -3.35. The van der Waals surface area contributed by atoms with Crippen molar-refractivity contribution in [1.29, 1.82) is 0 Å². The number of nitrogens with one attached hydrogen (secondary N) is 3. The smallest absolute Gasteiger partial charge is 0.180 e. The van der Waals surface area contributed by atoms with Crippen molar-refractivity contribution in [2.75, 3.05) is 55.0 Å². The van der Waals surface area contributed by atoms with Crippen molar-refractivity contribution in [2.24, 2.45) is 0 Å². The molecule has 4 aliphatic rings. The third-order valence-corrected chi connectivity index (χ3v) is 15.1. The molecule has 3 N–H and O–H groups in total. The number of sulfone groups is 1. The van der Waals surface area contributed by atoms with Gasteiger partial charge in [0, 0.05) is 61.2 Å². The Bertz CT molecular complexity index is 2120. The lowest BCUT2D eigenvalue weighted by molar-refractivity contribution is -0.955. The molecule has 57 heavy (non-hydrogen) atoms. The van der Waals surface area contributed by atoms with Gasteiger partial charge in [0.05, 0.1) is 42.0 Å². The topological polar surface area (TPSA) is 73.5 Å². The number of hydrogen-bond acceptors (Lipinski definition) is 5. The molecule has 1 unspecified atom stereocenters. The zero-order chi connectivity index (χ0) is 39.6. The highest BCUT2D eigenvalue weighted by molar-refractivity contribution is 7.91. The lowest BCUT2D eigenvalue weighted by Crippen LogP contribution is -3.00. The standard InChI is InChI=1S/C46H58FN5O2S2.BrH/c1-5-7-21-46(22-8-6-2)33-56(53,54)42-20-18-38(51(3)4)31-39(42)43(50-46)35-13-12-16-37(30-35)48-44(55)49-41-19-17-34(29-40(41)47)32-52-26-23-45(24-27-52,25-28-52)36-14-10-9-11-15-36;/h9-20,29-31,43,50H,5-8,21-28,32-33H2,1-4H3,(H-,48,49,55);1H. The predicted molar refractivity (Wildman–Crippen MR) is 233 cm³/mol. The predicted octanol–water partition coefficient (Wildman–Crippen LogP) is 6.74. The van der Waals surface area contributed by atoms with Gasteiger partial charge in [0.1, 0.15) is 12.4 Å². The Labute approximate surface area is 356 Å². The molecule has 0 spiro atoms. The first-order valence-electron chi connectivity index (χ1n) is 20.6. The fourth-order valence-corrected chi connectivity index (χ4v) is 11.9. The molecule has 0 amide bonds. The van der Waals surface area contributed by atoms with E-state index in [1.165, 1.54) is 24.8 Å². The van der Waals surface area contributed by atoms with Crippen LogP contribution in [0.5, 0.6) is 0 Å². The average Bonchev–Trinajstić information content (AvgIpc) is 3.29. The fourth-order valence-electron chi connectivity index (χ4n) is 9.65. The van der Waals surface area contributed by atoms with E-state index in [-0.39, 0.29) is 39.7 Å². The molecule has 3 saturated heterocycles. The van der Waals surface area contributed by atoms with Crippen LogP contribution in [0.4, 0.5) is 21.5 Å². The van der Waals surface area contributed by atoms with Crippen molar-refractivity contribution in [3.05, 3.63) is 119 Å². The van der Waals surface area contributed by atoms with Crippen LogP contribution in [0.3, 0.4) is 0 Å². The summed E-state index contributed by atoms with van der Waals surface area (Å²) in [5.74, 6) is -0.255. The number of fused-ring (bicyclic) bond motifs is 4. The van der Waals surface area contributed by atoms with E-state index in [0.29, 0.717) is 16.0 Å². The molecule has 4 aromatic carbocycles. The van der Waals surface area contributed by atoms with Crippen LogP contribution < -0.4 is 37.8 Å². The quantitative estimate of drug-likeness (QED) is 0.102. The molecule has 7 nitrogen and oxygen atoms in total. The minimum absolute atomic E-state index is 0. The normalized spacial score (nSPS) is 23.1. The van der Waals surface area contributed by atoms with Gasteiger partial charge in [0.15, 0.2) is 14.9 Å². The van der Waals surface area contributed by atoms with Crippen molar-refractivity contribution in [3.63, 3.8) is 0 Å². The molecule has 2 bridgehead atoms. The third-order valence-electron chi connectivity index (χ3n) is 12.9. The first kappa shape index (κ1) is 43.2. The number of unbranched alkanes of at least 4 members (excludes halogenated alkanes) is 2. The SMILES string of the molecule is CCCCC1(CCCC)CS(=O)(=O)c2ccc(N(C)C)cc2C(c2cccc(NC(=S)Nc3ccc(C[N+]45CCC(c6ccccc6)(CC4)CC5)cc3F)c2)N1.[Br-]. The summed E-state index contributed by atoms with van der Waals surface area (Å²) in [5, 5.41) is 10.6. The molecule has 4 heterocycles. The Kier molecular flexibility index (Phi) is 13.6. The molecule has 0 aromatic heterocycles. The molecule has 4 aliphatic heterocycles. The van der Waals surface area contributed by atoms with Crippen LogP contribution in [0, 0.1) is 5.82 Å². The van der Waals surface area contributed by atoms with Gasteiger partial charge < -0.3 is 37.0 Å². The Morgan fingerprint density at radius 3 is 2.19 bits per heavy atom. The van der Waals surface area contributed by atoms with Gasteiger partial charge >= 0.3 is 0 Å². The van der Waals surface area contributed by atoms with Crippen LogP contribution >= 0.6 is 12.2 Å². The van der Waals surface area contributed by atoms with Gasteiger partial charge in [0.2, 0.25) is 0 Å². The number of piperidine rings is 3. The van der Waals surface area contributed by atoms with Gasteiger partial charge in [0.25, 0.3) is 0 Å². The second-order valence-electron chi connectivity index (χ2n) is 17.0. The van der Waals surface area contributed by atoms with Gasteiger partial charge in [-0.1, -0.05) is 88.1 Å². The Morgan fingerprint density at radius 1 is 0.877 bits per heavy atom. The average molecular weight is 877 g/mol. The number of anilines is 3. The number of hydrogen-bond donors (Lipinski definition) is 3. The van der Waals surface area contributed by atoms with Crippen LogP contribution in [0.25, 0.3) is 0 Å². The monoisotopic (exact) mass is 875 g/mol. The summed E-state index contributed by atoms with van der Waals surface area (Å²) in [4.78, 5) is 2.39. The third kappa shape index (κ3) is 9.43. The number of quaternary nitrogens is 1. The highest BCUT2D eigenvalue weighted by Gasteiger charge is 2.49. The van der Waals surface area contributed by atoms with Crippen molar-refractivity contribution >= 4 is 44.2 Å². The molecule has 0 aliphatic carbocycles. The second-order valence-corrected chi connectivity index (χ2v) is 19.4. The molecule has 3 fully saturated rings. The maximum absolute atomic E-state index is 15.7. The molecule has 4 aromatic rings. The molecule has 0 radical (unpaired) electrons. The van der Waals surface area contributed by atoms with E-state index in [4.69, 9.17) is 12.2 Å². The number of thiocarbonyl (C=S) groups is 1. The summed E-state index contributed by atoms with van der Waals surface area (Å²) >= 11 is 5.73. The molecule has 306 valence electrons. The van der Waals surface area contributed by atoms with Crippen molar-refractivity contribution < 1.29 is 34.3 Å². The van der Waals surface area contributed by atoms with Crippen LogP contribution in [0.2, 0.25) is 0 Å². The van der Waals surface area contributed by atoms with Crippen molar-refractivity contribution in [1.82, 2.24) is 5.32 Å². The highest BCUT2D eigenvalue weighted by Crippen LogP contribution is 2.47. The van der Waals surface area contributed by atoms with E-state index >= 15 is 4.39 Å². The van der Waals surface area contributed by atoms with Crippen LogP contribution in [-0.2, 0) is 21.8 Å². The zero-order valence-electron chi connectivity index (χ0n) is 33.9. The zero-order valence-corrected chi connectivity index (χ0v) is 37.1. The van der Waals surface area contributed by atoms with Gasteiger partial charge in [-0.2, -0.15) is 0 Å². The first-order chi connectivity index (χ1) is 26.9. The van der Waals surface area contributed by atoms with Crippen molar-refractivity contribution in [2.45, 2.75) is 100 Å². The van der Waals surface area contributed by atoms with Crippen LogP contribution in [0.15, 0.2) is 95.9 Å². The maximum atomic E-state index is 15.7. The van der Waals surface area contributed by atoms with E-state index < -0.39 is 15.4 Å². The minimum atomic E-state index is -3.59. The summed E-state index contributed by atoms with van der Waals surface area (Å²) in [6, 6.07) is 29.8. The number of rotatable bonds is 13. The second kappa shape index (κ2) is 17.9. The van der Waals surface area contributed by atoms with Crippen LogP contribution in [-0.4, -0.2) is 63.0 Å². The molecule has 0 saturated carbocycles. The van der Waals surface area contributed by atoms with E-state index in [2.05, 4.69) is 60.1 Å². The van der Waals surface area contributed by atoms with Gasteiger partial charge in [-0.3, -0.25) is 5.32 Å². The molecule has 11 heteroatoms.